The Labute approximate surface area is 195 Å². The van der Waals surface area contributed by atoms with Crippen molar-refractivity contribution in [2.24, 2.45) is 5.92 Å². The highest BCUT2D eigenvalue weighted by molar-refractivity contribution is 6.05. The Balaban J connectivity index is 1.25. The second-order valence-corrected chi connectivity index (χ2v) is 10.2. The van der Waals surface area contributed by atoms with Crippen molar-refractivity contribution in [2.45, 2.75) is 88.9 Å². The summed E-state index contributed by atoms with van der Waals surface area (Å²) in [6.45, 7) is 2.19. The zero-order chi connectivity index (χ0) is 22.8. The molecule has 7 heteroatoms. The maximum absolute atomic E-state index is 13.0. The van der Waals surface area contributed by atoms with E-state index in [9.17, 15) is 14.4 Å². The number of benzene rings is 1. The first kappa shape index (κ1) is 22.5. The lowest BCUT2D eigenvalue weighted by Gasteiger charge is -2.35. The zero-order valence-electron chi connectivity index (χ0n) is 19.3. The average Bonchev–Trinajstić information content (AvgIpc) is 2.96. The summed E-state index contributed by atoms with van der Waals surface area (Å²) in [5.41, 5.74) is 2.97. The molecule has 0 aromatic heterocycles. The van der Waals surface area contributed by atoms with E-state index in [0.29, 0.717) is 36.5 Å². The van der Waals surface area contributed by atoms with E-state index >= 15 is 0 Å². The molecule has 1 saturated carbocycles. The number of nitrogens with one attached hydrogen (secondary N) is 2. The first-order chi connectivity index (χ1) is 16.1. The van der Waals surface area contributed by atoms with Crippen molar-refractivity contribution in [3.8, 4) is 0 Å². The van der Waals surface area contributed by atoms with Gasteiger partial charge in [0.1, 0.15) is 6.04 Å². The summed E-state index contributed by atoms with van der Waals surface area (Å²) in [6.07, 6.45) is 10.2. The number of nitrogens with zero attached hydrogens (tertiary/aromatic N) is 1. The molecule has 3 amide bonds. The van der Waals surface area contributed by atoms with Crippen LogP contribution >= 0.6 is 0 Å². The van der Waals surface area contributed by atoms with Crippen LogP contribution in [-0.2, 0) is 27.3 Å². The molecule has 3 unspecified atom stereocenters. The third-order valence-electron chi connectivity index (χ3n) is 7.90. The molecule has 4 atom stereocenters. The molecule has 3 aliphatic heterocycles. The minimum Gasteiger partial charge on any atom is -0.381 e. The zero-order valence-corrected chi connectivity index (χ0v) is 19.3. The Hall–Kier alpha value is -2.25. The van der Waals surface area contributed by atoms with Gasteiger partial charge in [-0.2, -0.15) is 0 Å². The van der Waals surface area contributed by atoms with Crippen LogP contribution in [0.1, 0.15) is 79.3 Å². The minimum atomic E-state index is -0.554. The number of amides is 3. The average molecular weight is 454 g/mol. The van der Waals surface area contributed by atoms with E-state index in [1.54, 1.807) is 4.90 Å². The van der Waals surface area contributed by atoms with Gasteiger partial charge < -0.3 is 15.0 Å². The fourth-order valence-electron chi connectivity index (χ4n) is 6.10. The molecule has 1 aliphatic carbocycles. The molecule has 2 saturated heterocycles. The van der Waals surface area contributed by atoms with Crippen LogP contribution in [0, 0.1) is 5.92 Å². The van der Waals surface area contributed by atoms with E-state index in [2.05, 4.69) is 22.8 Å². The van der Waals surface area contributed by atoms with Gasteiger partial charge in [0.25, 0.3) is 5.91 Å². The molecule has 0 radical (unpaired) electrons. The van der Waals surface area contributed by atoms with Gasteiger partial charge in [0.2, 0.25) is 11.8 Å². The summed E-state index contributed by atoms with van der Waals surface area (Å²) in [4.78, 5) is 38.4. The van der Waals surface area contributed by atoms with Crippen LogP contribution in [0.5, 0.6) is 0 Å². The predicted molar refractivity (Wildman–Crippen MR) is 124 cm³/mol. The fraction of sp³-hybridized carbons (Fsp3) is 0.654. The topological polar surface area (TPSA) is 87.7 Å². The Kier molecular flexibility index (Phi) is 6.79. The number of rotatable bonds is 5. The van der Waals surface area contributed by atoms with Crippen LogP contribution in [-0.4, -0.2) is 54.0 Å². The molecular weight excluding hydrogens is 418 g/mol. The van der Waals surface area contributed by atoms with Crippen LogP contribution in [0.2, 0.25) is 0 Å². The number of piperidine rings is 1. The molecular formula is C26H35N3O4. The van der Waals surface area contributed by atoms with Crippen LogP contribution in [0.4, 0.5) is 0 Å². The highest BCUT2D eigenvalue weighted by Crippen LogP contribution is 2.32. The van der Waals surface area contributed by atoms with E-state index < -0.39 is 6.04 Å². The molecule has 178 valence electrons. The molecule has 3 heterocycles. The monoisotopic (exact) mass is 453 g/mol. The third-order valence-corrected chi connectivity index (χ3v) is 7.90. The molecule has 5 rings (SSSR count). The van der Waals surface area contributed by atoms with Gasteiger partial charge >= 0.3 is 0 Å². The van der Waals surface area contributed by atoms with Gasteiger partial charge in [-0.1, -0.05) is 25.0 Å². The summed E-state index contributed by atoms with van der Waals surface area (Å²) in [5, 5.41) is 6.35. The van der Waals surface area contributed by atoms with Crippen molar-refractivity contribution >= 4 is 17.7 Å². The van der Waals surface area contributed by atoms with Crippen LogP contribution in [0.3, 0.4) is 0 Å². The summed E-state index contributed by atoms with van der Waals surface area (Å²) < 4.78 is 5.64. The Morgan fingerprint density at radius 3 is 2.76 bits per heavy atom. The van der Waals surface area contributed by atoms with Crippen molar-refractivity contribution in [1.82, 2.24) is 15.5 Å². The van der Waals surface area contributed by atoms with Gasteiger partial charge in [-0.15, -0.1) is 0 Å². The Morgan fingerprint density at radius 2 is 1.88 bits per heavy atom. The Bertz CT molecular complexity index is 909. The molecule has 0 spiro atoms. The van der Waals surface area contributed by atoms with E-state index in [-0.39, 0.29) is 24.1 Å². The maximum atomic E-state index is 13.0. The largest absolute Gasteiger partial charge is 0.381 e. The predicted octanol–water partition coefficient (Wildman–Crippen LogP) is 2.71. The van der Waals surface area contributed by atoms with Gasteiger partial charge in [0.15, 0.2) is 0 Å². The van der Waals surface area contributed by atoms with Gasteiger partial charge in [-0.3, -0.25) is 19.7 Å². The SMILES string of the molecule is O=C1CCC(N2Cc3cc(C[C@H]4CCCCC4NC4CCCOCC4)ccc3C2=O)C(=O)N1. The van der Waals surface area contributed by atoms with Crippen LogP contribution in [0.15, 0.2) is 18.2 Å². The number of ether oxygens (including phenoxy) is 1. The third kappa shape index (κ3) is 4.99. The summed E-state index contributed by atoms with van der Waals surface area (Å²) in [5.74, 6) is -0.106. The number of imide groups is 1. The number of hydrogen-bond donors (Lipinski definition) is 2. The van der Waals surface area contributed by atoms with Gasteiger partial charge in [0.05, 0.1) is 0 Å². The maximum Gasteiger partial charge on any atom is 0.255 e. The van der Waals surface area contributed by atoms with Crippen LogP contribution in [0.25, 0.3) is 0 Å². The lowest BCUT2D eigenvalue weighted by Crippen LogP contribution is -2.52. The van der Waals surface area contributed by atoms with E-state index in [1.165, 1.54) is 37.7 Å². The molecule has 7 nitrogen and oxygen atoms in total. The minimum absolute atomic E-state index is 0.0983. The van der Waals surface area contributed by atoms with Crippen LogP contribution < -0.4 is 10.6 Å². The van der Waals surface area contributed by atoms with Gasteiger partial charge in [0, 0.05) is 43.8 Å². The number of hydrogen-bond acceptors (Lipinski definition) is 5. The summed E-state index contributed by atoms with van der Waals surface area (Å²) in [6, 6.07) is 6.74. The smallest absolute Gasteiger partial charge is 0.255 e. The van der Waals surface area contributed by atoms with E-state index in [1.807, 2.05) is 6.07 Å². The van der Waals surface area contributed by atoms with Crippen molar-refractivity contribution < 1.29 is 19.1 Å². The normalized spacial score (nSPS) is 30.7. The second kappa shape index (κ2) is 9.94. The second-order valence-electron chi connectivity index (χ2n) is 10.2. The first-order valence-electron chi connectivity index (χ1n) is 12.7. The molecule has 33 heavy (non-hydrogen) atoms. The van der Waals surface area contributed by atoms with E-state index in [0.717, 1.165) is 38.0 Å². The lowest BCUT2D eigenvalue weighted by atomic mass is 9.80. The fourth-order valence-corrected chi connectivity index (χ4v) is 6.10. The van der Waals surface area contributed by atoms with E-state index in [4.69, 9.17) is 4.74 Å². The van der Waals surface area contributed by atoms with Crippen molar-refractivity contribution in [2.75, 3.05) is 13.2 Å². The quantitative estimate of drug-likeness (QED) is 0.670. The first-order valence-corrected chi connectivity index (χ1v) is 12.7. The molecule has 1 aromatic rings. The molecule has 0 bridgehead atoms. The standard InChI is InChI=1S/C26H35N3O4/c30-24-10-9-23(25(31)28-24)29-16-19-15-17(7-8-21(19)26(29)32)14-18-4-1-2-6-22(18)27-20-5-3-12-33-13-11-20/h7-8,15,18,20,22-23,27H,1-6,9-14,16H2,(H,28,30,31)/t18-,20?,22?,23?/m1/s1. The number of fused-ring (bicyclic) bond motifs is 1. The number of carbonyl (C=O) groups is 3. The molecule has 3 fully saturated rings. The van der Waals surface area contributed by atoms with Crippen molar-refractivity contribution in [3.05, 3.63) is 34.9 Å². The number of carbonyl (C=O) groups excluding carboxylic acids is 3. The molecule has 4 aliphatic rings. The van der Waals surface area contributed by atoms with Gasteiger partial charge in [-0.25, -0.2) is 0 Å². The van der Waals surface area contributed by atoms with Crippen molar-refractivity contribution in [1.29, 1.82) is 0 Å². The Morgan fingerprint density at radius 1 is 1.00 bits per heavy atom. The summed E-state index contributed by atoms with van der Waals surface area (Å²) in [7, 11) is 0. The lowest BCUT2D eigenvalue weighted by molar-refractivity contribution is -0.136. The molecule has 2 N–H and O–H groups in total. The summed E-state index contributed by atoms with van der Waals surface area (Å²) >= 11 is 0. The highest BCUT2D eigenvalue weighted by atomic mass is 16.5. The highest BCUT2D eigenvalue weighted by Gasteiger charge is 2.39. The van der Waals surface area contributed by atoms with Gasteiger partial charge in [-0.05, 0) is 68.1 Å². The molecule has 1 aromatic carbocycles. The van der Waals surface area contributed by atoms with Crippen molar-refractivity contribution in [3.63, 3.8) is 0 Å².